The molecule has 2 heterocycles. The van der Waals surface area contributed by atoms with E-state index in [1.165, 1.54) is 4.90 Å². The van der Waals surface area contributed by atoms with Crippen LogP contribution in [0, 0.1) is 5.92 Å². The van der Waals surface area contributed by atoms with Gasteiger partial charge in [-0.2, -0.15) is 8.78 Å². The van der Waals surface area contributed by atoms with Gasteiger partial charge in [-0.1, -0.05) is 0 Å². The van der Waals surface area contributed by atoms with Gasteiger partial charge in [0.1, 0.15) is 0 Å². The molecule has 0 saturated carbocycles. The average Bonchev–Trinajstić information content (AvgIpc) is 2.05. The van der Waals surface area contributed by atoms with Gasteiger partial charge in [0, 0.05) is 13.1 Å². The molecule has 0 spiro atoms. The zero-order valence-corrected chi connectivity index (χ0v) is 9.12. The van der Waals surface area contributed by atoms with Crippen LogP contribution in [-0.4, -0.2) is 56.5 Å². The standard InChI is InChI=1S/C8H11F2NO4S/c9-8(10)15-6-1-11(2-6)7(12)5-3-16(13,14)4-5/h5-6,8H,1-4H2. The summed E-state index contributed by atoms with van der Waals surface area (Å²) in [4.78, 5) is 12.9. The first kappa shape index (κ1) is 11.7. The highest BCUT2D eigenvalue weighted by atomic mass is 32.2. The summed E-state index contributed by atoms with van der Waals surface area (Å²) < 4.78 is 49.4. The van der Waals surface area contributed by atoms with Gasteiger partial charge in [-0.3, -0.25) is 4.79 Å². The van der Waals surface area contributed by atoms with Crippen LogP contribution in [0.3, 0.4) is 0 Å². The molecule has 2 rings (SSSR count). The number of alkyl halides is 2. The van der Waals surface area contributed by atoms with Crippen molar-refractivity contribution in [2.75, 3.05) is 24.6 Å². The Bertz CT molecular complexity index is 379. The van der Waals surface area contributed by atoms with E-state index in [1.807, 2.05) is 0 Å². The van der Waals surface area contributed by atoms with Crippen molar-refractivity contribution in [3.63, 3.8) is 0 Å². The van der Waals surface area contributed by atoms with Gasteiger partial charge in [0.15, 0.2) is 9.84 Å². The maximum atomic E-state index is 11.8. The van der Waals surface area contributed by atoms with Crippen LogP contribution in [-0.2, 0) is 19.4 Å². The molecule has 0 bridgehead atoms. The van der Waals surface area contributed by atoms with E-state index >= 15 is 0 Å². The molecule has 0 aromatic rings. The third-order valence-corrected chi connectivity index (χ3v) is 4.53. The first-order valence-corrected chi connectivity index (χ1v) is 6.62. The Morgan fingerprint density at radius 1 is 1.31 bits per heavy atom. The Kier molecular flexibility index (Phi) is 2.87. The molecule has 5 nitrogen and oxygen atoms in total. The summed E-state index contributed by atoms with van der Waals surface area (Å²) in [6.07, 6.45) is -0.624. The topological polar surface area (TPSA) is 63.7 Å². The summed E-state index contributed by atoms with van der Waals surface area (Å²) in [5, 5.41) is 0. The Balaban J connectivity index is 1.74. The highest BCUT2D eigenvalue weighted by molar-refractivity contribution is 7.92. The minimum atomic E-state index is -3.02. The van der Waals surface area contributed by atoms with Crippen LogP contribution in [0.2, 0.25) is 0 Å². The molecule has 2 aliphatic heterocycles. The van der Waals surface area contributed by atoms with Gasteiger partial charge in [-0.05, 0) is 0 Å². The largest absolute Gasteiger partial charge is 0.345 e. The monoisotopic (exact) mass is 255 g/mol. The third-order valence-electron chi connectivity index (χ3n) is 2.71. The van der Waals surface area contributed by atoms with Gasteiger partial charge < -0.3 is 9.64 Å². The lowest BCUT2D eigenvalue weighted by Gasteiger charge is -2.41. The van der Waals surface area contributed by atoms with E-state index in [-0.39, 0.29) is 30.5 Å². The molecule has 0 aliphatic carbocycles. The van der Waals surface area contributed by atoms with Crippen LogP contribution in [0.25, 0.3) is 0 Å². The van der Waals surface area contributed by atoms with Crippen LogP contribution < -0.4 is 0 Å². The number of ether oxygens (including phenoxy) is 1. The molecule has 16 heavy (non-hydrogen) atoms. The van der Waals surface area contributed by atoms with E-state index in [4.69, 9.17) is 0 Å². The fraction of sp³-hybridized carbons (Fsp3) is 0.875. The molecule has 0 unspecified atom stereocenters. The molecule has 0 atom stereocenters. The van der Waals surface area contributed by atoms with Crippen LogP contribution in [0.5, 0.6) is 0 Å². The molecule has 2 saturated heterocycles. The zero-order valence-electron chi connectivity index (χ0n) is 8.30. The van der Waals surface area contributed by atoms with Gasteiger partial charge in [0.2, 0.25) is 5.91 Å². The number of carbonyl (C=O) groups excluding carboxylic acids is 1. The Morgan fingerprint density at radius 2 is 1.88 bits per heavy atom. The number of carbonyl (C=O) groups is 1. The summed E-state index contributed by atoms with van der Waals surface area (Å²) in [6, 6.07) is 0. The van der Waals surface area contributed by atoms with Crippen LogP contribution in [0.15, 0.2) is 0 Å². The van der Waals surface area contributed by atoms with Gasteiger partial charge in [0.25, 0.3) is 0 Å². The maximum absolute atomic E-state index is 11.8. The molecule has 2 aliphatic rings. The average molecular weight is 255 g/mol. The molecule has 0 aromatic heterocycles. The minimum Gasteiger partial charge on any atom is -0.337 e. The number of rotatable bonds is 3. The maximum Gasteiger partial charge on any atom is 0.345 e. The number of amides is 1. The van der Waals surface area contributed by atoms with Gasteiger partial charge in [-0.25, -0.2) is 8.42 Å². The summed E-state index contributed by atoms with van der Waals surface area (Å²) in [7, 11) is -3.02. The fourth-order valence-electron chi connectivity index (χ4n) is 1.81. The lowest BCUT2D eigenvalue weighted by Crippen LogP contribution is -2.59. The number of halogens is 2. The Morgan fingerprint density at radius 3 is 2.31 bits per heavy atom. The molecular weight excluding hydrogens is 244 g/mol. The van der Waals surface area contributed by atoms with Crippen molar-refractivity contribution in [3.8, 4) is 0 Å². The van der Waals surface area contributed by atoms with Crippen molar-refractivity contribution in [2.45, 2.75) is 12.7 Å². The van der Waals surface area contributed by atoms with Crippen LogP contribution >= 0.6 is 0 Å². The number of nitrogens with zero attached hydrogens (tertiary/aromatic N) is 1. The van der Waals surface area contributed by atoms with Gasteiger partial charge in [0.05, 0.1) is 23.5 Å². The molecule has 2 fully saturated rings. The van der Waals surface area contributed by atoms with Crippen molar-refractivity contribution in [1.82, 2.24) is 4.90 Å². The van der Waals surface area contributed by atoms with Crippen LogP contribution in [0.4, 0.5) is 8.78 Å². The number of likely N-dealkylation sites (tertiary alicyclic amines) is 1. The van der Waals surface area contributed by atoms with E-state index in [1.54, 1.807) is 0 Å². The van der Waals surface area contributed by atoms with Crippen molar-refractivity contribution in [3.05, 3.63) is 0 Å². The van der Waals surface area contributed by atoms with Gasteiger partial charge >= 0.3 is 6.61 Å². The Labute approximate surface area is 91.3 Å². The summed E-state index contributed by atoms with van der Waals surface area (Å²) in [6.45, 7) is -2.58. The number of hydrogen-bond donors (Lipinski definition) is 0. The minimum absolute atomic E-state index is 0.122. The predicted octanol–water partition coefficient (Wildman–Crippen LogP) is -0.519. The van der Waals surface area contributed by atoms with E-state index in [9.17, 15) is 22.0 Å². The SMILES string of the molecule is O=C(C1CS(=O)(=O)C1)N1CC(OC(F)F)C1. The quantitative estimate of drug-likeness (QED) is 0.681. The number of hydrogen-bond acceptors (Lipinski definition) is 4. The lowest BCUT2D eigenvalue weighted by molar-refractivity contribution is -0.200. The van der Waals surface area contributed by atoms with Crippen molar-refractivity contribution >= 4 is 15.7 Å². The molecule has 92 valence electrons. The fourth-order valence-corrected chi connectivity index (χ4v) is 3.23. The molecule has 0 aromatic carbocycles. The smallest absolute Gasteiger partial charge is 0.337 e. The molecule has 8 heteroatoms. The summed E-state index contributed by atoms with van der Waals surface area (Å²) in [5.41, 5.74) is 0. The van der Waals surface area contributed by atoms with E-state index in [0.717, 1.165) is 0 Å². The van der Waals surface area contributed by atoms with E-state index < -0.39 is 28.5 Å². The molecule has 0 radical (unpaired) electrons. The van der Waals surface area contributed by atoms with Crippen LogP contribution in [0.1, 0.15) is 0 Å². The highest BCUT2D eigenvalue weighted by Gasteiger charge is 2.44. The first-order valence-electron chi connectivity index (χ1n) is 4.80. The van der Waals surface area contributed by atoms with Gasteiger partial charge in [-0.15, -0.1) is 0 Å². The second-order valence-electron chi connectivity index (χ2n) is 4.04. The second-order valence-corrected chi connectivity index (χ2v) is 6.19. The lowest BCUT2D eigenvalue weighted by atomic mass is 10.1. The highest BCUT2D eigenvalue weighted by Crippen LogP contribution is 2.24. The van der Waals surface area contributed by atoms with E-state index in [2.05, 4.69) is 4.74 Å². The second kappa shape index (κ2) is 3.92. The first-order chi connectivity index (χ1) is 7.37. The zero-order chi connectivity index (χ0) is 11.9. The molecular formula is C8H11F2NO4S. The summed E-state index contributed by atoms with van der Waals surface area (Å²) in [5.74, 6) is -1.01. The third kappa shape index (κ3) is 2.32. The van der Waals surface area contributed by atoms with E-state index in [0.29, 0.717) is 0 Å². The van der Waals surface area contributed by atoms with Crippen molar-refractivity contribution in [2.24, 2.45) is 5.92 Å². The predicted molar refractivity (Wildman–Crippen MR) is 49.6 cm³/mol. The summed E-state index contributed by atoms with van der Waals surface area (Å²) >= 11 is 0. The van der Waals surface area contributed by atoms with Crippen molar-refractivity contribution < 1.29 is 26.7 Å². The number of sulfone groups is 1. The molecule has 1 amide bonds. The normalized spacial score (nSPS) is 25.3. The molecule has 0 N–H and O–H groups in total. The Hall–Kier alpha value is -0.760. The van der Waals surface area contributed by atoms with Crippen molar-refractivity contribution in [1.29, 1.82) is 0 Å².